The zero-order chi connectivity index (χ0) is 11.9. The molecule has 2 rings (SSSR count). The Labute approximate surface area is 99.8 Å². The fourth-order valence-electron chi connectivity index (χ4n) is 2.17. The van der Waals surface area contributed by atoms with Crippen LogP contribution in [0.3, 0.4) is 0 Å². The van der Waals surface area contributed by atoms with Gasteiger partial charge in [0.2, 0.25) is 0 Å². The van der Waals surface area contributed by atoms with Gasteiger partial charge in [0.1, 0.15) is 0 Å². The number of fused-ring (bicyclic) bond motifs is 1. The minimum atomic E-state index is 0.262. The lowest BCUT2D eigenvalue weighted by molar-refractivity contribution is 0.111. The van der Waals surface area contributed by atoms with Crippen molar-refractivity contribution in [3.8, 4) is 0 Å². The number of aromatic nitrogens is 1. The fraction of sp³-hybridized carbons (Fsp3) is 0.308. The average molecular weight is 236 g/mol. The quantitative estimate of drug-likeness (QED) is 0.722. The summed E-state index contributed by atoms with van der Waals surface area (Å²) >= 11 is 5.98. The van der Waals surface area contributed by atoms with Gasteiger partial charge in [-0.25, -0.2) is 0 Å². The van der Waals surface area contributed by atoms with Crippen molar-refractivity contribution in [3.63, 3.8) is 0 Å². The Bertz CT molecular complexity index is 555. The second kappa shape index (κ2) is 3.95. The van der Waals surface area contributed by atoms with Gasteiger partial charge in [-0.2, -0.15) is 0 Å². The largest absolute Gasteiger partial charge is 0.336 e. The van der Waals surface area contributed by atoms with Crippen LogP contribution in [0.25, 0.3) is 10.9 Å². The first-order chi connectivity index (χ1) is 7.56. The summed E-state index contributed by atoms with van der Waals surface area (Å²) < 4.78 is 2.05. The Morgan fingerprint density at radius 1 is 1.38 bits per heavy atom. The predicted molar refractivity (Wildman–Crippen MR) is 67.5 cm³/mol. The maximum absolute atomic E-state index is 11.2. The fourth-order valence-corrected chi connectivity index (χ4v) is 2.34. The van der Waals surface area contributed by atoms with Crippen LogP contribution in [0.15, 0.2) is 18.2 Å². The molecule has 1 aromatic carbocycles. The number of nitrogens with zero attached hydrogens (tertiary/aromatic N) is 1. The van der Waals surface area contributed by atoms with Crippen LogP contribution < -0.4 is 0 Å². The Hall–Kier alpha value is -1.28. The van der Waals surface area contributed by atoms with Gasteiger partial charge in [-0.15, -0.1) is 0 Å². The molecule has 16 heavy (non-hydrogen) atoms. The number of carbonyl (C=O) groups is 1. The standard InChI is InChI=1S/C13H14ClNO/c1-8(2)15-12-5-4-10(14)6-11(12)9(3)13(15)7-16/h4-8H,1-3H3. The lowest BCUT2D eigenvalue weighted by Crippen LogP contribution is -2.05. The van der Waals surface area contributed by atoms with Crippen LogP contribution in [-0.2, 0) is 0 Å². The molecule has 0 fully saturated rings. The molecule has 0 saturated heterocycles. The monoisotopic (exact) mass is 235 g/mol. The second-order valence-corrected chi connectivity index (χ2v) is 4.69. The zero-order valence-electron chi connectivity index (χ0n) is 9.62. The lowest BCUT2D eigenvalue weighted by Gasteiger charge is -2.11. The molecule has 0 unspecified atom stereocenters. The van der Waals surface area contributed by atoms with Crippen LogP contribution in [0.2, 0.25) is 5.02 Å². The summed E-state index contributed by atoms with van der Waals surface area (Å²) in [5.74, 6) is 0. The molecule has 3 heteroatoms. The van der Waals surface area contributed by atoms with Crippen molar-refractivity contribution in [3.05, 3.63) is 34.5 Å². The van der Waals surface area contributed by atoms with Gasteiger partial charge in [0, 0.05) is 22.0 Å². The molecule has 0 N–H and O–H groups in total. The molecular formula is C13H14ClNO. The average Bonchev–Trinajstić information content (AvgIpc) is 2.51. The molecule has 2 aromatic rings. The van der Waals surface area contributed by atoms with Gasteiger partial charge in [-0.1, -0.05) is 11.6 Å². The molecule has 0 saturated carbocycles. The highest BCUT2D eigenvalue weighted by atomic mass is 35.5. The van der Waals surface area contributed by atoms with E-state index in [1.54, 1.807) is 0 Å². The van der Waals surface area contributed by atoms with Crippen LogP contribution in [0.5, 0.6) is 0 Å². The smallest absolute Gasteiger partial charge is 0.166 e. The van der Waals surface area contributed by atoms with E-state index in [2.05, 4.69) is 13.8 Å². The minimum Gasteiger partial charge on any atom is -0.336 e. The predicted octanol–water partition coefficient (Wildman–Crippen LogP) is 4.00. The lowest BCUT2D eigenvalue weighted by atomic mass is 10.1. The number of aryl methyl sites for hydroxylation is 1. The van der Waals surface area contributed by atoms with E-state index >= 15 is 0 Å². The van der Waals surface area contributed by atoms with E-state index in [-0.39, 0.29) is 6.04 Å². The molecule has 0 amide bonds. The number of hydrogen-bond donors (Lipinski definition) is 0. The van der Waals surface area contributed by atoms with Crippen molar-refractivity contribution in [1.29, 1.82) is 0 Å². The van der Waals surface area contributed by atoms with Crippen molar-refractivity contribution in [1.82, 2.24) is 4.57 Å². The van der Waals surface area contributed by atoms with E-state index in [1.807, 2.05) is 29.7 Å². The normalized spacial score (nSPS) is 11.3. The highest BCUT2D eigenvalue weighted by Gasteiger charge is 2.15. The van der Waals surface area contributed by atoms with Gasteiger partial charge in [0.05, 0.1) is 5.69 Å². The van der Waals surface area contributed by atoms with E-state index in [0.29, 0.717) is 5.02 Å². The van der Waals surface area contributed by atoms with Crippen molar-refractivity contribution in [2.24, 2.45) is 0 Å². The third kappa shape index (κ3) is 1.54. The van der Waals surface area contributed by atoms with Crippen molar-refractivity contribution >= 4 is 28.8 Å². The topological polar surface area (TPSA) is 22.0 Å². The first-order valence-corrected chi connectivity index (χ1v) is 5.69. The number of aldehydes is 1. The maximum atomic E-state index is 11.2. The summed E-state index contributed by atoms with van der Waals surface area (Å²) in [4.78, 5) is 11.2. The van der Waals surface area contributed by atoms with E-state index in [1.165, 1.54) is 0 Å². The second-order valence-electron chi connectivity index (χ2n) is 4.25. The van der Waals surface area contributed by atoms with E-state index < -0.39 is 0 Å². The number of benzene rings is 1. The summed E-state index contributed by atoms with van der Waals surface area (Å²) in [5, 5.41) is 1.76. The molecule has 0 atom stereocenters. The van der Waals surface area contributed by atoms with E-state index in [4.69, 9.17) is 11.6 Å². The van der Waals surface area contributed by atoms with Crippen LogP contribution in [0.1, 0.15) is 35.9 Å². The Morgan fingerprint density at radius 2 is 2.06 bits per heavy atom. The first kappa shape index (κ1) is 11.2. The van der Waals surface area contributed by atoms with Gasteiger partial charge in [-0.3, -0.25) is 4.79 Å². The van der Waals surface area contributed by atoms with Gasteiger partial charge in [-0.05, 0) is 44.5 Å². The maximum Gasteiger partial charge on any atom is 0.166 e. The molecule has 1 heterocycles. The number of carbonyl (C=O) groups excluding carboxylic acids is 1. The van der Waals surface area contributed by atoms with Gasteiger partial charge >= 0.3 is 0 Å². The zero-order valence-corrected chi connectivity index (χ0v) is 10.4. The molecule has 0 aliphatic carbocycles. The van der Waals surface area contributed by atoms with Crippen LogP contribution >= 0.6 is 11.6 Å². The Kier molecular flexibility index (Phi) is 2.76. The molecular weight excluding hydrogens is 222 g/mol. The molecule has 2 nitrogen and oxygen atoms in total. The van der Waals surface area contributed by atoms with Crippen LogP contribution in [0, 0.1) is 6.92 Å². The van der Waals surface area contributed by atoms with Gasteiger partial charge in [0.25, 0.3) is 0 Å². The number of rotatable bonds is 2. The van der Waals surface area contributed by atoms with E-state index in [0.717, 1.165) is 28.4 Å². The summed E-state index contributed by atoms with van der Waals surface area (Å²) in [7, 11) is 0. The molecule has 0 spiro atoms. The SMILES string of the molecule is Cc1c(C=O)n(C(C)C)c2ccc(Cl)cc12. The van der Waals surface area contributed by atoms with Gasteiger partial charge < -0.3 is 4.57 Å². The molecule has 0 aliphatic heterocycles. The minimum absolute atomic E-state index is 0.262. The van der Waals surface area contributed by atoms with E-state index in [9.17, 15) is 4.79 Å². The Morgan fingerprint density at radius 3 is 2.62 bits per heavy atom. The van der Waals surface area contributed by atoms with Crippen molar-refractivity contribution in [2.45, 2.75) is 26.8 Å². The third-order valence-electron chi connectivity index (χ3n) is 2.89. The molecule has 1 aromatic heterocycles. The molecule has 84 valence electrons. The van der Waals surface area contributed by atoms with Crippen LogP contribution in [-0.4, -0.2) is 10.9 Å². The summed E-state index contributed by atoms with van der Waals surface area (Å²) in [6.45, 7) is 6.10. The highest BCUT2D eigenvalue weighted by Crippen LogP contribution is 2.29. The number of halogens is 1. The summed E-state index contributed by atoms with van der Waals surface area (Å²) in [6.07, 6.45) is 0.920. The number of hydrogen-bond acceptors (Lipinski definition) is 1. The molecule has 0 radical (unpaired) electrons. The molecule has 0 bridgehead atoms. The van der Waals surface area contributed by atoms with Crippen molar-refractivity contribution in [2.75, 3.05) is 0 Å². The Balaban J connectivity index is 2.91. The van der Waals surface area contributed by atoms with Crippen molar-refractivity contribution < 1.29 is 4.79 Å². The summed E-state index contributed by atoms with van der Waals surface area (Å²) in [6, 6.07) is 6.00. The van der Waals surface area contributed by atoms with Gasteiger partial charge in [0.15, 0.2) is 6.29 Å². The first-order valence-electron chi connectivity index (χ1n) is 5.31. The summed E-state index contributed by atoms with van der Waals surface area (Å²) in [5.41, 5.74) is 2.81. The van der Waals surface area contributed by atoms with Crippen LogP contribution in [0.4, 0.5) is 0 Å². The molecule has 0 aliphatic rings. The highest BCUT2D eigenvalue weighted by molar-refractivity contribution is 6.31. The third-order valence-corrected chi connectivity index (χ3v) is 3.13.